The lowest BCUT2D eigenvalue weighted by molar-refractivity contribution is -0.385. The van der Waals surface area contributed by atoms with E-state index in [0.29, 0.717) is 11.8 Å². The van der Waals surface area contributed by atoms with Crippen LogP contribution in [0.2, 0.25) is 0 Å². The Morgan fingerprint density at radius 3 is 2.25 bits per heavy atom. The molecule has 0 aliphatic heterocycles. The number of aldehydes is 1. The molecule has 0 N–H and O–H groups in total. The summed E-state index contributed by atoms with van der Waals surface area (Å²) in [6.45, 7) is 0. The minimum atomic E-state index is -0.562. The zero-order valence-electron chi connectivity index (χ0n) is 9.30. The van der Waals surface area contributed by atoms with Crippen LogP contribution < -0.4 is 4.74 Å². The van der Waals surface area contributed by atoms with Crippen molar-refractivity contribution in [3.05, 3.63) is 33.9 Å². The largest absolute Gasteiger partial charge is 0.490 e. The van der Waals surface area contributed by atoms with Crippen LogP contribution in [0.4, 0.5) is 5.69 Å². The first-order chi connectivity index (χ1) is 7.60. The van der Waals surface area contributed by atoms with Crippen LogP contribution in [0.15, 0.2) is 18.2 Å². The van der Waals surface area contributed by atoms with Gasteiger partial charge in [-0.25, -0.2) is 0 Å². The van der Waals surface area contributed by atoms with Gasteiger partial charge < -0.3 is 9.47 Å². The molecule has 0 aliphatic carbocycles. The molecule has 1 rings (SSSR count). The Hall–Kier alpha value is -1.95. The molecule has 0 saturated carbocycles. The Balaban J connectivity index is 0.000000673. The standard InChI is InChI=1S/C8H7NO4.C2H6O/c1-13-8-4-6(5-10)2-3-7(8)9(11)12;1-3-2/h2-5H,1H3;1-2H3. The summed E-state index contributed by atoms with van der Waals surface area (Å²) in [6, 6.07) is 3.93. The summed E-state index contributed by atoms with van der Waals surface area (Å²) in [4.78, 5) is 20.2. The second-order valence-electron chi connectivity index (χ2n) is 2.71. The third-order valence-electron chi connectivity index (χ3n) is 1.54. The first-order valence-electron chi connectivity index (χ1n) is 4.28. The van der Waals surface area contributed by atoms with E-state index in [-0.39, 0.29) is 11.4 Å². The second-order valence-corrected chi connectivity index (χ2v) is 2.71. The van der Waals surface area contributed by atoms with Gasteiger partial charge in [-0.3, -0.25) is 14.9 Å². The molecule has 0 radical (unpaired) electrons. The molecule has 1 aromatic carbocycles. The highest BCUT2D eigenvalue weighted by Gasteiger charge is 2.13. The number of nitro benzene ring substituents is 1. The van der Waals surface area contributed by atoms with Crippen LogP contribution in [0.5, 0.6) is 5.75 Å². The summed E-state index contributed by atoms with van der Waals surface area (Å²) < 4.78 is 9.00. The van der Waals surface area contributed by atoms with E-state index in [1.807, 2.05) is 0 Å². The Labute approximate surface area is 92.9 Å². The van der Waals surface area contributed by atoms with E-state index in [9.17, 15) is 14.9 Å². The molecule has 0 unspecified atom stereocenters. The highest BCUT2D eigenvalue weighted by molar-refractivity contribution is 5.76. The Morgan fingerprint density at radius 1 is 1.31 bits per heavy atom. The summed E-state index contributed by atoms with van der Waals surface area (Å²) in [7, 11) is 4.57. The van der Waals surface area contributed by atoms with Crippen LogP contribution in [-0.4, -0.2) is 32.5 Å². The minimum Gasteiger partial charge on any atom is -0.490 e. The van der Waals surface area contributed by atoms with E-state index in [1.165, 1.54) is 25.3 Å². The molecule has 88 valence electrons. The number of hydrogen-bond donors (Lipinski definition) is 0. The van der Waals surface area contributed by atoms with Gasteiger partial charge in [0.05, 0.1) is 12.0 Å². The second kappa shape index (κ2) is 7.36. The zero-order valence-corrected chi connectivity index (χ0v) is 9.30. The molecule has 0 saturated heterocycles. The lowest BCUT2D eigenvalue weighted by Crippen LogP contribution is -1.94. The molecule has 0 heterocycles. The molecule has 1 aromatic rings. The number of rotatable bonds is 3. The van der Waals surface area contributed by atoms with Gasteiger partial charge in [0, 0.05) is 25.8 Å². The quantitative estimate of drug-likeness (QED) is 0.446. The van der Waals surface area contributed by atoms with Crippen molar-refractivity contribution >= 4 is 12.0 Å². The minimum absolute atomic E-state index is 0.0922. The SMILES string of the molecule is COC.COc1cc(C=O)ccc1[N+](=O)[O-]. The van der Waals surface area contributed by atoms with E-state index in [1.54, 1.807) is 14.2 Å². The first-order valence-corrected chi connectivity index (χ1v) is 4.28. The number of hydrogen-bond acceptors (Lipinski definition) is 5. The van der Waals surface area contributed by atoms with Crippen LogP contribution in [0.25, 0.3) is 0 Å². The highest BCUT2D eigenvalue weighted by Crippen LogP contribution is 2.26. The molecule has 0 aliphatic rings. The predicted molar refractivity (Wildman–Crippen MR) is 58.0 cm³/mol. The lowest BCUT2D eigenvalue weighted by Gasteiger charge is -2.00. The summed E-state index contributed by atoms with van der Waals surface area (Å²) in [5, 5.41) is 10.4. The number of carbonyl (C=O) groups excluding carboxylic acids is 1. The molecule has 0 spiro atoms. The van der Waals surface area contributed by atoms with Crippen molar-refractivity contribution in [1.29, 1.82) is 0 Å². The first kappa shape index (κ1) is 14.1. The lowest BCUT2D eigenvalue weighted by atomic mass is 10.2. The van der Waals surface area contributed by atoms with Gasteiger partial charge in [0.1, 0.15) is 6.29 Å². The molecular formula is C10H13NO5. The smallest absolute Gasteiger partial charge is 0.310 e. The van der Waals surface area contributed by atoms with E-state index >= 15 is 0 Å². The third-order valence-corrected chi connectivity index (χ3v) is 1.54. The number of carbonyl (C=O) groups is 1. The van der Waals surface area contributed by atoms with Crippen LogP contribution >= 0.6 is 0 Å². The normalized spacial score (nSPS) is 8.69. The molecule has 0 bridgehead atoms. The number of nitrogens with zero attached hydrogens (tertiary/aromatic N) is 1. The fourth-order valence-corrected chi connectivity index (χ4v) is 0.918. The molecular weight excluding hydrogens is 214 g/mol. The van der Waals surface area contributed by atoms with Crippen LogP contribution in [-0.2, 0) is 4.74 Å². The van der Waals surface area contributed by atoms with Gasteiger partial charge in [-0.15, -0.1) is 0 Å². The van der Waals surface area contributed by atoms with Crippen molar-refractivity contribution in [3.8, 4) is 5.75 Å². The van der Waals surface area contributed by atoms with Crippen molar-refractivity contribution in [2.75, 3.05) is 21.3 Å². The molecule has 0 atom stereocenters. The molecule has 6 nitrogen and oxygen atoms in total. The average molecular weight is 227 g/mol. The van der Waals surface area contributed by atoms with Crippen LogP contribution in [0.1, 0.15) is 10.4 Å². The van der Waals surface area contributed by atoms with E-state index in [4.69, 9.17) is 4.74 Å². The average Bonchev–Trinajstić information content (AvgIpc) is 2.29. The van der Waals surface area contributed by atoms with Crippen LogP contribution in [0.3, 0.4) is 0 Å². The molecule has 0 fully saturated rings. The maximum Gasteiger partial charge on any atom is 0.310 e. The van der Waals surface area contributed by atoms with Crippen molar-refractivity contribution in [2.24, 2.45) is 0 Å². The van der Waals surface area contributed by atoms with Crippen molar-refractivity contribution in [3.63, 3.8) is 0 Å². The van der Waals surface area contributed by atoms with Gasteiger partial charge in [-0.1, -0.05) is 0 Å². The molecule has 16 heavy (non-hydrogen) atoms. The zero-order chi connectivity index (χ0) is 12.6. The number of nitro groups is 1. The van der Waals surface area contributed by atoms with E-state index < -0.39 is 4.92 Å². The molecule has 6 heteroatoms. The van der Waals surface area contributed by atoms with Gasteiger partial charge in [0.15, 0.2) is 5.75 Å². The number of benzene rings is 1. The summed E-state index contributed by atoms with van der Waals surface area (Å²) in [5.41, 5.74) is 0.204. The summed E-state index contributed by atoms with van der Waals surface area (Å²) >= 11 is 0. The van der Waals surface area contributed by atoms with Gasteiger partial charge in [0.25, 0.3) is 0 Å². The Kier molecular flexibility index (Phi) is 6.46. The predicted octanol–water partition coefficient (Wildman–Crippen LogP) is 1.68. The number of ether oxygens (including phenoxy) is 2. The fourth-order valence-electron chi connectivity index (χ4n) is 0.918. The maximum absolute atomic E-state index is 10.4. The van der Waals surface area contributed by atoms with Crippen LogP contribution in [0, 0.1) is 10.1 Å². The van der Waals surface area contributed by atoms with Crippen molar-refractivity contribution < 1.29 is 19.2 Å². The fraction of sp³-hybridized carbons (Fsp3) is 0.300. The Morgan fingerprint density at radius 2 is 1.88 bits per heavy atom. The summed E-state index contributed by atoms with van der Waals surface area (Å²) in [5.74, 6) is 0.0922. The Bertz CT molecular complexity index is 364. The van der Waals surface area contributed by atoms with E-state index in [2.05, 4.69) is 4.74 Å². The summed E-state index contributed by atoms with van der Waals surface area (Å²) in [6.07, 6.45) is 0.603. The van der Waals surface area contributed by atoms with Gasteiger partial charge in [0.2, 0.25) is 0 Å². The van der Waals surface area contributed by atoms with Gasteiger partial charge in [-0.2, -0.15) is 0 Å². The van der Waals surface area contributed by atoms with Gasteiger partial charge in [-0.05, 0) is 12.1 Å². The number of methoxy groups -OCH3 is 2. The van der Waals surface area contributed by atoms with E-state index in [0.717, 1.165) is 0 Å². The molecule has 0 aromatic heterocycles. The molecule has 0 amide bonds. The monoisotopic (exact) mass is 227 g/mol. The topological polar surface area (TPSA) is 78.7 Å². The van der Waals surface area contributed by atoms with Crippen molar-refractivity contribution in [2.45, 2.75) is 0 Å². The highest BCUT2D eigenvalue weighted by atomic mass is 16.6. The third kappa shape index (κ3) is 4.05. The van der Waals surface area contributed by atoms with Gasteiger partial charge >= 0.3 is 5.69 Å². The maximum atomic E-state index is 10.4. The van der Waals surface area contributed by atoms with Crippen molar-refractivity contribution in [1.82, 2.24) is 0 Å².